The van der Waals surface area contributed by atoms with Crippen LogP contribution in [0.15, 0.2) is 48.7 Å². The molecule has 1 aliphatic heterocycles. The first-order valence-electron chi connectivity index (χ1n) is 8.91. The lowest BCUT2D eigenvalue weighted by atomic mass is 10.1. The van der Waals surface area contributed by atoms with Crippen molar-refractivity contribution in [2.24, 2.45) is 0 Å². The van der Waals surface area contributed by atoms with Gasteiger partial charge in [-0.15, -0.1) is 0 Å². The third kappa shape index (κ3) is 4.24. The molecule has 4 rings (SSSR count). The van der Waals surface area contributed by atoms with Crippen molar-refractivity contribution in [3.05, 3.63) is 59.9 Å². The van der Waals surface area contributed by atoms with Gasteiger partial charge in [-0.25, -0.2) is 9.78 Å². The van der Waals surface area contributed by atoms with Crippen LogP contribution in [0.3, 0.4) is 0 Å². The molecule has 3 aromatic rings. The van der Waals surface area contributed by atoms with Gasteiger partial charge in [0.1, 0.15) is 5.65 Å². The predicted molar refractivity (Wildman–Crippen MR) is 104 cm³/mol. The van der Waals surface area contributed by atoms with Gasteiger partial charge in [-0.1, -0.05) is 6.08 Å². The molecule has 6 nitrogen and oxygen atoms in total. The Morgan fingerprint density at radius 1 is 1.10 bits per heavy atom. The molecule has 0 unspecified atom stereocenters. The number of hydrogen-bond acceptors (Lipinski definition) is 3. The van der Waals surface area contributed by atoms with Crippen molar-refractivity contribution in [1.29, 1.82) is 0 Å². The van der Waals surface area contributed by atoms with Gasteiger partial charge in [0.2, 0.25) is 0 Å². The van der Waals surface area contributed by atoms with E-state index in [9.17, 15) is 18.0 Å². The number of pyridine rings is 1. The van der Waals surface area contributed by atoms with Crippen LogP contribution in [0.25, 0.3) is 16.6 Å². The molecule has 0 bridgehead atoms. The van der Waals surface area contributed by atoms with Crippen LogP contribution in [0.2, 0.25) is 0 Å². The van der Waals surface area contributed by atoms with Crippen LogP contribution in [0, 0.1) is 0 Å². The van der Waals surface area contributed by atoms with Gasteiger partial charge in [0.15, 0.2) is 0 Å². The van der Waals surface area contributed by atoms with Crippen LogP contribution in [0.5, 0.6) is 0 Å². The van der Waals surface area contributed by atoms with Crippen LogP contribution < -0.4 is 10.6 Å². The fraction of sp³-hybridized carbons (Fsp3) is 0.200. The van der Waals surface area contributed by atoms with Gasteiger partial charge in [-0.2, -0.15) is 13.2 Å². The summed E-state index contributed by atoms with van der Waals surface area (Å²) < 4.78 is 43.1. The smallest absolute Gasteiger partial charge is 0.377 e. The first-order chi connectivity index (χ1) is 13.9. The highest BCUT2D eigenvalue weighted by Gasteiger charge is 2.30. The summed E-state index contributed by atoms with van der Waals surface area (Å²) in [6, 6.07) is 7.40. The number of H-pyrrole nitrogens is 1. The minimum absolute atomic E-state index is 0.252. The van der Waals surface area contributed by atoms with Crippen LogP contribution in [-0.2, 0) is 10.9 Å². The summed E-state index contributed by atoms with van der Waals surface area (Å²) in [7, 11) is 0. The summed E-state index contributed by atoms with van der Waals surface area (Å²) in [4.78, 5) is 19.8. The van der Waals surface area contributed by atoms with E-state index in [4.69, 9.17) is 4.74 Å². The lowest BCUT2D eigenvalue weighted by Gasteiger charge is -2.13. The monoisotopic (exact) mass is 402 g/mol. The first-order valence-corrected chi connectivity index (χ1v) is 8.91. The van der Waals surface area contributed by atoms with Crippen LogP contribution in [-0.4, -0.2) is 29.2 Å². The number of aromatic amines is 1. The van der Waals surface area contributed by atoms with Gasteiger partial charge in [-0.3, -0.25) is 0 Å². The van der Waals surface area contributed by atoms with E-state index in [0.29, 0.717) is 24.5 Å². The van der Waals surface area contributed by atoms with Crippen molar-refractivity contribution in [3.8, 4) is 0 Å². The molecular formula is C20H17F3N4O2. The number of halogens is 3. The molecule has 0 atom stereocenters. The van der Waals surface area contributed by atoms with Crippen LogP contribution >= 0.6 is 0 Å². The third-order valence-electron chi connectivity index (χ3n) is 4.55. The Labute approximate surface area is 163 Å². The molecule has 2 amide bonds. The molecule has 29 heavy (non-hydrogen) atoms. The summed E-state index contributed by atoms with van der Waals surface area (Å²) in [6.07, 6.45) is -0.0132. The quantitative estimate of drug-likeness (QED) is 0.575. The number of urea groups is 1. The van der Waals surface area contributed by atoms with E-state index >= 15 is 0 Å². The van der Waals surface area contributed by atoms with E-state index in [2.05, 4.69) is 20.6 Å². The summed E-state index contributed by atoms with van der Waals surface area (Å²) in [6.45, 7) is 1.23. The number of benzene rings is 1. The Kier molecular flexibility index (Phi) is 4.98. The first kappa shape index (κ1) is 19.0. The summed E-state index contributed by atoms with van der Waals surface area (Å²) in [5.41, 5.74) is 2.58. The standard InChI is InChI=1S/C20H17F3N4O2/c21-20(22,23)13-1-3-14(4-2-13)25-19(28)27-17-11-24-18-15(17)5-6-16(26-18)12-7-9-29-10-8-12/h1-7,11H,8-10H2,(H,24,26)(H2,25,27,28). The predicted octanol–water partition coefficient (Wildman–Crippen LogP) is 5.03. The maximum Gasteiger partial charge on any atom is 0.416 e. The zero-order valence-corrected chi connectivity index (χ0v) is 15.1. The molecule has 0 aliphatic carbocycles. The van der Waals surface area contributed by atoms with Gasteiger partial charge in [0.05, 0.1) is 30.2 Å². The number of alkyl halides is 3. The second-order valence-electron chi connectivity index (χ2n) is 6.50. The minimum Gasteiger partial charge on any atom is -0.377 e. The Morgan fingerprint density at radius 3 is 2.59 bits per heavy atom. The third-order valence-corrected chi connectivity index (χ3v) is 4.55. The Morgan fingerprint density at radius 2 is 1.90 bits per heavy atom. The molecule has 1 aromatic carbocycles. The van der Waals surface area contributed by atoms with E-state index in [1.165, 1.54) is 12.1 Å². The molecule has 0 radical (unpaired) electrons. The fourth-order valence-corrected chi connectivity index (χ4v) is 3.07. The van der Waals surface area contributed by atoms with E-state index in [1.54, 1.807) is 6.20 Å². The average molecular weight is 402 g/mol. The Balaban J connectivity index is 1.46. The number of fused-ring (bicyclic) bond motifs is 1. The zero-order valence-electron chi connectivity index (χ0n) is 15.1. The number of nitrogens with one attached hydrogen (secondary N) is 3. The fourth-order valence-electron chi connectivity index (χ4n) is 3.07. The molecule has 3 N–H and O–H groups in total. The van der Waals surface area contributed by atoms with Gasteiger partial charge in [0, 0.05) is 17.3 Å². The number of rotatable bonds is 3. The number of ether oxygens (including phenoxy) is 1. The Bertz CT molecular complexity index is 1070. The molecule has 1 aliphatic rings. The molecule has 150 valence electrons. The van der Waals surface area contributed by atoms with Crippen molar-refractivity contribution < 1.29 is 22.7 Å². The number of anilines is 2. The van der Waals surface area contributed by atoms with Crippen molar-refractivity contribution >= 4 is 34.0 Å². The molecular weight excluding hydrogens is 385 g/mol. The SMILES string of the molecule is O=C(Nc1ccc(C(F)(F)F)cc1)Nc1c[nH]c2nc(C3=CCOCC3)ccc12. The topological polar surface area (TPSA) is 79.0 Å². The number of hydrogen-bond donors (Lipinski definition) is 3. The van der Waals surface area contributed by atoms with Crippen LogP contribution in [0.4, 0.5) is 29.3 Å². The van der Waals surface area contributed by atoms with E-state index in [1.807, 2.05) is 18.2 Å². The second kappa shape index (κ2) is 7.59. The maximum absolute atomic E-state index is 12.6. The average Bonchev–Trinajstić information content (AvgIpc) is 3.10. The zero-order chi connectivity index (χ0) is 20.4. The normalized spacial score (nSPS) is 14.5. The molecule has 0 fully saturated rings. The molecule has 9 heteroatoms. The number of carbonyl (C=O) groups is 1. The van der Waals surface area contributed by atoms with Gasteiger partial charge < -0.3 is 20.4 Å². The molecule has 2 aromatic heterocycles. The summed E-state index contributed by atoms with van der Waals surface area (Å²) in [5, 5.41) is 5.92. The highest BCUT2D eigenvalue weighted by molar-refractivity contribution is 6.05. The minimum atomic E-state index is -4.42. The largest absolute Gasteiger partial charge is 0.416 e. The number of aromatic nitrogens is 2. The lowest BCUT2D eigenvalue weighted by Crippen LogP contribution is -2.19. The van der Waals surface area contributed by atoms with Gasteiger partial charge >= 0.3 is 12.2 Å². The Hall–Kier alpha value is -3.33. The van der Waals surface area contributed by atoms with Crippen molar-refractivity contribution in [2.45, 2.75) is 12.6 Å². The van der Waals surface area contributed by atoms with Crippen molar-refractivity contribution in [1.82, 2.24) is 9.97 Å². The summed E-state index contributed by atoms with van der Waals surface area (Å²) >= 11 is 0. The van der Waals surface area contributed by atoms with Gasteiger partial charge in [-0.05, 0) is 48.4 Å². The molecule has 0 saturated heterocycles. The lowest BCUT2D eigenvalue weighted by molar-refractivity contribution is -0.137. The van der Waals surface area contributed by atoms with E-state index < -0.39 is 17.8 Å². The van der Waals surface area contributed by atoms with E-state index in [0.717, 1.165) is 35.2 Å². The highest BCUT2D eigenvalue weighted by atomic mass is 19.4. The second-order valence-corrected chi connectivity index (χ2v) is 6.50. The molecule has 0 spiro atoms. The summed E-state index contributed by atoms with van der Waals surface area (Å²) in [5.74, 6) is 0. The number of carbonyl (C=O) groups excluding carboxylic acids is 1. The maximum atomic E-state index is 12.6. The van der Waals surface area contributed by atoms with Crippen molar-refractivity contribution in [2.75, 3.05) is 23.8 Å². The number of amides is 2. The highest BCUT2D eigenvalue weighted by Crippen LogP contribution is 2.30. The van der Waals surface area contributed by atoms with Crippen molar-refractivity contribution in [3.63, 3.8) is 0 Å². The van der Waals surface area contributed by atoms with E-state index in [-0.39, 0.29) is 5.69 Å². The molecule has 0 saturated carbocycles. The van der Waals surface area contributed by atoms with Gasteiger partial charge in [0.25, 0.3) is 0 Å². The van der Waals surface area contributed by atoms with Crippen LogP contribution in [0.1, 0.15) is 17.7 Å². The number of nitrogens with zero attached hydrogens (tertiary/aromatic N) is 1. The molecule has 3 heterocycles.